The first-order valence-electron chi connectivity index (χ1n) is 0.612. The van der Waals surface area contributed by atoms with E-state index in [0.29, 0.717) is 0 Å². The number of hydrogen-bond acceptors (Lipinski definition) is 4. The van der Waals surface area contributed by atoms with Gasteiger partial charge >= 0.3 is 23.1 Å². The summed E-state index contributed by atoms with van der Waals surface area (Å²) in [6.07, 6.45) is -2.33. The Morgan fingerprint density at radius 3 is 1.00 bits per heavy atom. The van der Waals surface area contributed by atoms with Gasteiger partial charge in [0.05, 0.1) is 0 Å². The third kappa shape index (κ3) is 17800. The topological polar surface area (TPSA) is 188 Å². The van der Waals surface area contributed by atoms with Crippen molar-refractivity contribution < 1.29 is 36.9 Å². The summed E-state index contributed by atoms with van der Waals surface area (Å²) >= 11 is 0. The molecule has 0 rings (SSSR count). The number of carbonyl (C=O) groups is 1. The molecule has 0 amide bonds. The first-order valence-corrected chi connectivity index (χ1v) is 0.612. The van der Waals surface area contributed by atoms with Gasteiger partial charge in [0.1, 0.15) is 0 Å². The zero-order chi connectivity index (χ0) is 3.58. The van der Waals surface area contributed by atoms with Crippen LogP contribution in [0.5, 0.6) is 0 Å². The molecule has 0 aromatic carbocycles. The minimum absolute atomic E-state index is 0. The smallest absolute Gasteiger partial charge is 0.870 e. The average Bonchev–Trinajstić information content (AvgIpc) is 0.811. The van der Waals surface area contributed by atoms with Gasteiger partial charge in [-0.25, -0.2) is 0 Å². The summed E-state index contributed by atoms with van der Waals surface area (Å²) in [5.41, 5.74) is 0. The summed E-state index contributed by atoms with van der Waals surface area (Å²) in [5.74, 6) is 0. The predicted octanol–water partition coefficient (Wildman–Crippen LogP) is -5.48. The van der Waals surface area contributed by atoms with E-state index >= 15 is 0 Å². The molecule has 9 heavy (non-hydrogen) atoms. The monoisotopic (exact) mass is 155 g/mol. The Labute approximate surface area is 66.7 Å². The Hall–Kier alpha value is -0.124. The first kappa shape index (κ1) is 66.6. The van der Waals surface area contributed by atoms with Crippen LogP contribution in [0.3, 0.4) is 0 Å². The zero-order valence-corrected chi connectivity index (χ0v) is 5.79. The molecule has 0 aliphatic heterocycles. The summed E-state index contributed by atoms with van der Waals surface area (Å²) in [6, 6.07) is 0. The number of carboxylic acid groups (broad SMARTS) is 2. The molecule has 0 atom stereocenters. The second-order valence-electron chi connectivity index (χ2n) is 0.250. The Kier molecular flexibility index (Phi) is 333. The van der Waals surface area contributed by atoms with E-state index in [1.165, 1.54) is 0 Å². The Morgan fingerprint density at radius 1 is 1.00 bits per heavy atom. The molecule has 0 aliphatic rings. The van der Waals surface area contributed by atoms with E-state index in [1.807, 2.05) is 0 Å². The van der Waals surface area contributed by atoms with E-state index < -0.39 is 6.16 Å². The SMILES string of the molecule is O.O.O.O=C([O-])[O-].[Mg+2].[OH-]. The van der Waals surface area contributed by atoms with Crippen LogP contribution in [0.15, 0.2) is 0 Å². The Morgan fingerprint density at radius 2 is 1.00 bits per heavy atom. The quantitative estimate of drug-likeness (QED) is 0.315. The van der Waals surface area contributed by atoms with E-state index in [9.17, 15) is 0 Å². The van der Waals surface area contributed by atoms with Gasteiger partial charge in [-0.05, 0) is 6.16 Å². The van der Waals surface area contributed by atoms with Crippen molar-refractivity contribution in [3.8, 4) is 0 Å². The van der Waals surface area contributed by atoms with Gasteiger partial charge in [0, 0.05) is 0 Å². The minimum Gasteiger partial charge on any atom is -0.870 e. The summed E-state index contributed by atoms with van der Waals surface area (Å²) < 4.78 is 0. The van der Waals surface area contributed by atoms with Crippen LogP contribution in [0.1, 0.15) is 0 Å². The second-order valence-corrected chi connectivity index (χ2v) is 0.250. The number of hydrogen-bond donors (Lipinski definition) is 0. The van der Waals surface area contributed by atoms with Crippen molar-refractivity contribution in [3.05, 3.63) is 0 Å². The molecule has 0 aliphatic carbocycles. The molecule has 0 saturated heterocycles. The molecule has 0 saturated carbocycles. The van der Waals surface area contributed by atoms with Crippen LogP contribution < -0.4 is 10.2 Å². The molecule has 8 heteroatoms. The zero-order valence-electron chi connectivity index (χ0n) is 4.38. The Bertz CT molecular complexity index is 31.9. The molecule has 56 valence electrons. The molecule has 0 aromatic heterocycles. The normalized spacial score (nSPS) is 2.67. The third-order valence-corrected chi connectivity index (χ3v) is 0. The third-order valence-electron chi connectivity index (χ3n) is 0. The van der Waals surface area contributed by atoms with E-state index in [-0.39, 0.29) is 45.0 Å². The van der Waals surface area contributed by atoms with Gasteiger partial charge < -0.3 is 36.9 Å². The fourth-order valence-electron chi connectivity index (χ4n) is 0. The fraction of sp³-hybridized carbons (Fsp3) is 0. The van der Waals surface area contributed by atoms with Crippen LogP contribution in [-0.2, 0) is 0 Å². The standard InChI is InChI=1S/CH2O3.Mg.4H2O/c2-1(3)4;;;;;/h(H2,2,3,4);;4*1H2/q;+2;;;;/p-3. The molecule has 0 spiro atoms. The summed E-state index contributed by atoms with van der Waals surface area (Å²) in [5, 5.41) is 16.7. The van der Waals surface area contributed by atoms with Gasteiger partial charge in [0.15, 0.2) is 0 Å². The number of rotatable bonds is 0. The average molecular weight is 155 g/mol. The van der Waals surface area contributed by atoms with Crippen molar-refractivity contribution in [2.75, 3.05) is 0 Å². The van der Waals surface area contributed by atoms with Crippen molar-refractivity contribution in [2.24, 2.45) is 0 Å². The van der Waals surface area contributed by atoms with E-state index in [4.69, 9.17) is 15.0 Å². The maximum Gasteiger partial charge on any atom is 2.00 e. The van der Waals surface area contributed by atoms with E-state index in [2.05, 4.69) is 0 Å². The van der Waals surface area contributed by atoms with Crippen LogP contribution in [0, 0.1) is 0 Å². The van der Waals surface area contributed by atoms with Crippen molar-refractivity contribution >= 4 is 29.2 Å². The minimum atomic E-state index is -2.33. The van der Waals surface area contributed by atoms with Crippen LogP contribution in [-0.4, -0.2) is 51.1 Å². The predicted molar refractivity (Wildman–Crippen MR) is 23.9 cm³/mol. The summed E-state index contributed by atoms with van der Waals surface area (Å²) in [7, 11) is 0. The number of carbonyl (C=O) groups excluding carboxylic acids is 1. The van der Waals surface area contributed by atoms with Gasteiger partial charge in [-0.2, -0.15) is 0 Å². The van der Waals surface area contributed by atoms with Crippen molar-refractivity contribution in [1.82, 2.24) is 0 Å². The maximum atomic E-state index is 8.33. The first-order chi connectivity index (χ1) is 1.73. The molecule has 7 N–H and O–H groups in total. The van der Waals surface area contributed by atoms with Gasteiger partial charge in [0.2, 0.25) is 0 Å². The molecule has 0 bridgehead atoms. The Balaban J connectivity index is -0.00000000450. The molecular formula is CH7MgO7-. The van der Waals surface area contributed by atoms with Crippen LogP contribution in [0.4, 0.5) is 4.79 Å². The van der Waals surface area contributed by atoms with E-state index in [1.54, 1.807) is 0 Å². The van der Waals surface area contributed by atoms with Gasteiger partial charge in [0.25, 0.3) is 0 Å². The van der Waals surface area contributed by atoms with Crippen molar-refractivity contribution in [1.29, 1.82) is 0 Å². The van der Waals surface area contributed by atoms with Crippen LogP contribution in [0.25, 0.3) is 0 Å². The molecule has 0 unspecified atom stereocenters. The molecule has 0 fully saturated rings. The summed E-state index contributed by atoms with van der Waals surface area (Å²) in [4.78, 5) is 8.33. The van der Waals surface area contributed by atoms with Crippen molar-refractivity contribution in [3.63, 3.8) is 0 Å². The molecule has 0 aromatic rings. The van der Waals surface area contributed by atoms with E-state index in [0.717, 1.165) is 0 Å². The fourth-order valence-corrected chi connectivity index (χ4v) is 0. The second kappa shape index (κ2) is 45.0. The molecular weight excluding hydrogens is 148 g/mol. The molecule has 0 heterocycles. The maximum absolute atomic E-state index is 8.33. The van der Waals surface area contributed by atoms with Crippen molar-refractivity contribution in [2.45, 2.75) is 0 Å². The van der Waals surface area contributed by atoms with Crippen LogP contribution in [0.2, 0.25) is 0 Å². The van der Waals surface area contributed by atoms with Gasteiger partial charge in [-0.15, -0.1) is 0 Å². The van der Waals surface area contributed by atoms with Crippen LogP contribution >= 0.6 is 0 Å². The molecule has 0 radical (unpaired) electrons. The largest absolute Gasteiger partial charge is 2.00 e. The van der Waals surface area contributed by atoms with Gasteiger partial charge in [-0.3, -0.25) is 0 Å². The summed E-state index contributed by atoms with van der Waals surface area (Å²) in [6.45, 7) is 0. The van der Waals surface area contributed by atoms with Gasteiger partial charge in [-0.1, -0.05) is 0 Å². The molecule has 7 nitrogen and oxygen atoms in total.